The minimum Gasteiger partial charge on any atom is -0.496 e. The number of thiazole rings is 1. The number of aromatic nitrogens is 1. The van der Waals surface area contributed by atoms with Crippen molar-refractivity contribution in [1.82, 2.24) is 9.88 Å². The predicted octanol–water partition coefficient (Wildman–Crippen LogP) is 3.27. The SMILES string of the molecule is COc1ccc(C(=O)N2CCN(c3nccs3)CC2)c2ccccc12. The van der Waals surface area contributed by atoms with Gasteiger partial charge in [0.15, 0.2) is 5.13 Å². The summed E-state index contributed by atoms with van der Waals surface area (Å²) in [6, 6.07) is 11.6. The molecule has 0 spiro atoms. The number of benzene rings is 2. The molecule has 5 nitrogen and oxygen atoms in total. The highest BCUT2D eigenvalue weighted by Crippen LogP contribution is 2.29. The summed E-state index contributed by atoms with van der Waals surface area (Å²) in [6.45, 7) is 3.04. The molecule has 128 valence electrons. The summed E-state index contributed by atoms with van der Waals surface area (Å²) in [7, 11) is 1.65. The summed E-state index contributed by atoms with van der Waals surface area (Å²) in [5.74, 6) is 0.874. The van der Waals surface area contributed by atoms with Gasteiger partial charge in [-0.05, 0) is 17.5 Å². The predicted molar refractivity (Wildman–Crippen MR) is 101 cm³/mol. The van der Waals surface area contributed by atoms with Gasteiger partial charge in [-0.2, -0.15) is 0 Å². The van der Waals surface area contributed by atoms with Crippen LogP contribution in [-0.4, -0.2) is 49.1 Å². The normalized spacial score (nSPS) is 14.8. The smallest absolute Gasteiger partial charge is 0.254 e. The van der Waals surface area contributed by atoms with E-state index in [1.807, 2.05) is 52.9 Å². The second kappa shape index (κ2) is 6.72. The highest BCUT2D eigenvalue weighted by Gasteiger charge is 2.24. The van der Waals surface area contributed by atoms with Crippen molar-refractivity contribution in [3.05, 3.63) is 53.5 Å². The van der Waals surface area contributed by atoms with Crippen LogP contribution in [0.15, 0.2) is 48.0 Å². The summed E-state index contributed by atoms with van der Waals surface area (Å²) >= 11 is 1.64. The molecule has 0 saturated carbocycles. The summed E-state index contributed by atoms with van der Waals surface area (Å²) in [6.07, 6.45) is 1.82. The fourth-order valence-corrected chi connectivity index (χ4v) is 3.98. The Hall–Kier alpha value is -2.60. The monoisotopic (exact) mass is 353 g/mol. The number of ether oxygens (including phenoxy) is 1. The maximum Gasteiger partial charge on any atom is 0.254 e. The van der Waals surface area contributed by atoms with Gasteiger partial charge in [0.05, 0.1) is 7.11 Å². The Morgan fingerprint density at radius 1 is 1.08 bits per heavy atom. The summed E-state index contributed by atoms with van der Waals surface area (Å²) in [5.41, 5.74) is 0.735. The van der Waals surface area contributed by atoms with Crippen molar-refractivity contribution in [2.75, 3.05) is 38.2 Å². The summed E-state index contributed by atoms with van der Waals surface area (Å²) in [5, 5.41) is 4.92. The zero-order chi connectivity index (χ0) is 17.2. The fraction of sp³-hybridized carbons (Fsp3) is 0.263. The van der Waals surface area contributed by atoms with Crippen molar-refractivity contribution in [2.45, 2.75) is 0 Å². The molecule has 0 radical (unpaired) electrons. The van der Waals surface area contributed by atoms with Crippen LogP contribution in [0.5, 0.6) is 5.75 Å². The average Bonchev–Trinajstić information content (AvgIpc) is 3.21. The lowest BCUT2D eigenvalue weighted by Gasteiger charge is -2.34. The second-order valence-corrected chi connectivity index (χ2v) is 6.83. The van der Waals surface area contributed by atoms with Crippen LogP contribution in [0.2, 0.25) is 0 Å². The quantitative estimate of drug-likeness (QED) is 0.725. The number of amides is 1. The van der Waals surface area contributed by atoms with Crippen molar-refractivity contribution in [2.24, 2.45) is 0 Å². The Balaban J connectivity index is 1.57. The van der Waals surface area contributed by atoms with Gasteiger partial charge in [0.2, 0.25) is 0 Å². The number of fused-ring (bicyclic) bond motifs is 1. The molecule has 1 amide bonds. The number of piperazine rings is 1. The lowest BCUT2D eigenvalue weighted by Crippen LogP contribution is -2.48. The molecule has 2 aromatic carbocycles. The summed E-state index contributed by atoms with van der Waals surface area (Å²) in [4.78, 5) is 21.6. The molecule has 1 aliphatic rings. The van der Waals surface area contributed by atoms with Crippen molar-refractivity contribution < 1.29 is 9.53 Å². The molecule has 2 heterocycles. The third-order valence-electron chi connectivity index (χ3n) is 4.59. The molecule has 6 heteroatoms. The van der Waals surface area contributed by atoms with E-state index in [0.29, 0.717) is 13.1 Å². The van der Waals surface area contributed by atoms with E-state index in [9.17, 15) is 4.79 Å². The van der Waals surface area contributed by atoms with Crippen LogP contribution >= 0.6 is 11.3 Å². The van der Waals surface area contributed by atoms with Crippen molar-refractivity contribution in [3.8, 4) is 5.75 Å². The van der Waals surface area contributed by atoms with Crippen LogP contribution < -0.4 is 9.64 Å². The van der Waals surface area contributed by atoms with E-state index in [1.54, 1.807) is 18.4 Å². The first kappa shape index (κ1) is 15.9. The van der Waals surface area contributed by atoms with E-state index in [4.69, 9.17) is 4.74 Å². The van der Waals surface area contributed by atoms with Gasteiger partial charge in [-0.25, -0.2) is 4.98 Å². The number of hydrogen-bond acceptors (Lipinski definition) is 5. The second-order valence-electron chi connectivity index (χ2n) is 5.95. The molecule has 1 saturated heterocycles. The molecule has 1 aromatic heterocycles. The molecule has 0 bridgehead atoms. The number of rotatable bonds is 3. The van der Waals surface area contributed by atoms with Crippen LogP contribution in [0, 0.1) is 0 Å². The van der Waals surface area contributed by atoms with Gasteiger partial charge in [0.1, 0.15) is 5.75 Å². The van der Waals surface area contributed by atoms with E-state index < -0.39 is 0 Å². The van der Waals surface area contributed by atoms with Crippen LogP contribution in [0.1, 0.15) is 10.4 Å². The molecule has 1 aliphatic heterocycles. The standard InChI is InChI=1S/C19H19N3O2S/c1-24-17-7-6-16(14-4-2-3-5-15(14)17)18(23)21-9-11-22(12-10-21)19-20-8-13-25-19/h2-8,13H,9-12H2,1H3. The number of carbonyl (C=O) groups is 1. The minimum atomic E-state index is 0.0811. The Kier molecular flexibility index (Phi) is 4.28. The number of hydrogen-bond donors (Lipinski definition) is 0. The Morgan fingerprint density at radius 2 is 1.84 bits per heavy atom. The third kappa shape index (κ3) is 2.93. The topological polar surface area (TPSA) is 45.7 Å². The number of methoxy groups -OCH3 is 1. The average molecular weight is 353 g/mol. The maximum absolute atomic E-state index is 13.1. The van der Waals surface area contributed by atoms with Gasteiger partial charge >= 0.3 is 0 Å². The molecule has 1 fully saturated rings. The van der Waals surface area contributed by atoms with Crippen LogP contribution in [-0.2, 0) is 0 Å². The molecule has 0 atom stereocenters. The molecular formula is C19H19N3O2S. The maximum atomic E-state index is 13.1. The highest BCUT2D eigenvalue weighted by atomic mass is 32.1. The molecule has 0 N–H and O–H groups in total. The lowest BCUT2D eigenvalue weighted by atomic mass is 10.0. The molecule has 25 heavy (non-hydrogen) atoms. The largest absolute Gasteiger partial charge is 0.496 e. The van der Waals surface area contributed by atoms with Crippen LogP contribution in [0.25, 0.3) is 10.8 Å². The zero-order valence-corrected chi connectivity index (χ0v) is 14.8. The first-order valence-electron chi connectivity index (χ1n) is 8.27. The van der Waals surface area contributed by atoms with Gasteiger partial charge in [0.25, 0.3) is 5.91 Å². The summed E-state index contributed by atoms with van der Waals surface area (Å²) < 4.78 is 5.43. The first-order valence-corrected chi connectivity index (χ1v) is 9.15. The van der Waals surface area contributed by atoms with Crippen LogP contribution in [0.3, 0.4) is 0 Å². The Labute approximate surface area is 150 Å². The van der Waals surface area contributed by atoms with Gasteiger partial charge in [-0.15, -0.1) is 11.3 Å². The lowest BCUT2D eigenvalue weighted by molar-refractivity contribution is 0.0749. The van der Waals surface area contributed by atoms with E-state index in [0.717, 1.165) is 40.3 Å². The highest BCUT2D eigenvalue weighted by molar-refractivity contribution is 7.13. The van der Waals surface area contributed by atoms with Gasteiger partial charge in [-0.1, -0.05) is 24.3 Å². The van der Waals surface area contributed by atoms with E-state index in [1.165, 1.54) is 0 Å². The Morgan fingerprint density at radius 3 is 2.52 bits per heavy atom. The molecular weight excluding hydrogens is 334 g/mol. The zero-order valence-electron chi connectivity index (χ0n) is 14.0. The van der Waals surface area contributed by atoms with Gasteiger partial charge < -0.3 is 14.5 Å². The molecule has 0 aliphatic carbocycles. The van der Waals surface area contributed by atoms with Crippen molar-refractivity contribution in [1.29, 1.82) is 0 Å². The fourth-order valence-electron chi connectivity index (χ4n) is 3.28. The van der Waals surface area contributed by atoms with Crippen molar-refractivity contribution in [3.63, 3.8) is 0 Å². The number of anilines is 1. The van der Waals surface area contributed by atoms with Gasteiger partial charge in [0, 0.05) is 48.7 Å². The Bertz CT molecular complexity index is 887. The molecule has 3 aromatic rings. The first-order chi connectivity index (χ1) is 12.3. The van der Waals surface area contributed by atoms with Gasteiger partial charge in [-0.3, -0.25) is 4.79 Å². The molecule has 0 unspecified atom stereocenters. The van der Waals surface area contributed by atoms with E-state index in [-0.39, 0.29) is 5.91 Å². The minimum absolute atomic E-state index is 0.0811. The third-order valence-corrected chi connectivity index (χ3v) is 5.42. The molecule has 4 rings (SSSR count). The van der Waals surface area contributed by atoms with Crippen molar-refractivity contribution >= 4 is 33.1 Å². The number of carbonyl (C=O) groups excluding carboxylic acids is 1. The van der Waals surface area contributed by atoms with E-state index in [2.05, 4.69) is 9.88 Å². The van der Waals surface area contributed by atoms with Crippen LogP contribution in [0.4, 0.5) is 5.13 Å². The van der Waals surface area contributed by atoms with E-state index >= 15 is 0 Å². The number of nitrogens with zero attached hydrogens (tertiary/aromatic N) is 3.